The van der Waals surface area contributed by atoms with Gasteiger partial charge >= 0.3 is 0 Å². The second-order valence-electron chi connectivity index (χ2n) is 3.01. The fourth-order valence-electron chi connectivity index (χ4n) is 0.743. The molecule has 14 heavy (non-hydrogen) atoms. The van der Waals surface area contributed by atoms with E-state index in [1.54, 1.807) is 6.92 Å². The molecule has 0 saturated heterocycles. The highest BCUT2D eigenvalue weighted by Gasteiger charge is 2.26. The molecule has 0 amide bonds. The quantitative estimate of drug-likeness (QED) is 0.504. The summed E-state index contributed by atoms with van der Waals surface area (Å²) in [6.07, 6.45) is -0.533. The first-order chi connectivity index (χ1) is 6.34. The van der Waals surface area contributed by atoms with E-state index in [4.69, 9.17) is 15.6 Å². The van der Waals surface area contributed by atoms with E-state index in [1.807, 2.05) is 0 Å². The molecule has 0 spiro atoms. The minimum atomic E-state index is -3.55. The molecule has 0 aliphatic rings. The van der Waals surface area contributed by atoms with Crippen molar-refractivity contribution in [1.29, 1.82) is 0 Å². The van der Waals surface area contributed by atoms with Crippen LogP contribution in [0.1, 0.15) is 20.8 Å². The Kier molecular flexibility index (Phi) is 5.11. The molecule has 0 aliphatic carbocycles. The van der Waals surface area contributed by atoms with Crippen LogP contribution in [0.3, 0.4) is 0 Å². The summed E-state index contributed by atoms with van der Waals surface area (Å²) in [5.74, 6) is 0. The SMILES string of the molecule is CCO/C=C(\[C@H](N)O)S(=O)(=O)C(C)C. The van der Waals surface area contributed by atoms with Crippen molar-refractivity contribution >= 4 is 9.84 Å². The predicted molar refractivity (Wildman–Crippen MR) is 54.0 cm³/mol. The topological polar surface area (TPSA) is 89.6 Å². The highest BCUT2D eigenvalue weighted by molar-refractivity contribution is 7.95. The Morgan fingerprint density at radius 1 is 1.57 bits per heavy atom. The molecule has 1 atom stereocenters. The Bertz CT molecular complexity index is 292. The molecule has 0 aromatic rings. The van der Waals surface area contributed by atoms with E-state index in [9.17, 15) is 8.42 Å². The molecule has 0 aromatic carbocycles. The second kappa shape index (κ2) is 5.33. The smallest absolute Gasteiger partial charge is 0.183 e. The molecule has 0 unspecified atom stereocenters. The molecular formula is C8H17NO4S. The lowest BCUT2D eigenvalue weighted by Gasteiger charge is -2.13. The zero-order chi connectivity index (χ0) is 11.4. The Hall–Kier alpha value is -0.590. The molecular weight excluding hydrogens is 206 g/mol. The van der Waals surface area contributed by atoms with E-state index < -0.39 is 21.3 Å². The van der Waals surface area contributed by atoms with Crippen LogP contribution in [-0.2, 0) is 14.6 Å². The van der Waals surface area contributed by atoms with Gasteiger partial charge in [-0.1, -0.05) is 0 Å². The van der Waals surface area contributed by atoms with E-state index in [2.05, 4.69) is 0 Å². The maximum absolute atomic E-state index is 11.6. The highest BCUT2D eigenvalue weighted by atomic mass is 32.2. The average Bonchev–Trinajstić information content (AvgIpc) is 2.03. The van der Waals surface area contributed by atoms with Gasteiger partial charge in [-0.25, -0.2) is 8.42 Å². The van der Waals surface area contributed by atoms with Gasteiger partial charge in [0, 0.05) is 0 Å². The Morgan fingerprint density at radius 2 is 2.07 bits per heavy atom. The van der Waals surface area contributed by atoms with Gasteiger partial charge in [0.05, 0.1) is 11.9 Å². The van der Waals surface area contributed by atoms with Crippen molar-refractivity contribution in [3.63, 3.8) is 0 Å². The molecule has 84 valence electrons. The molecule has 5 nitrogen and oxygen atoms in total. The van der Waals surface area contributed by atoms with Crippen LogP contribution in [0.2, 0.25) is 0 Å². The number of hydrogen-bond acceptors (Lipinski definition) is 5. The summed E-state index contributed by atoms with van der Waals surface area (Å²) < 4.78 is 28.0. The largest absolute Gasteiger partial charge is 0.500 e. The van der Waals surface area contributed by atoms with Crippen molar-refractivity contribution in [1.82, 2.24) is 0 Å². The van der Waals surface area contributed by atoms with Crippen LogP contribution < -0.4 is 5.73 Å². The fourth-order valence-corrected chi connectivity index (χ4v) is 1.83. The van der Waals surface area contributed by atoms with Crippen LogP contribution >= 0.6 is 0 Å². The third kappa shape index (κ3) is 3.28. The predicted octanol–water partition coefficient (Wildman–Crippen LogP) is -0.0354. The highest BCUT2D eigenvalue weighted by Crippen LogP contribution is 2.15. The third-order valence-corrected chi connectivity index (χ3v) is 3.84. The zero-order valence-electron chi connectivity index (χ0n) is 8.60. The van der Waals surface area contributed by atoms with Gasteiger partial charge in [-0.2, -0.15) is 0 Å². The molecule has 0 aliphatic heterocycles. The standard InChI is InChI=1S/C8H17NO4S/c1-4-13-5-7(8(9)10)14(11,12)6(2)3/h5-6,8,10H,4,9H2,1-3H3/b7-5+/t8-/m1/s1. The second-order valence-corrected chi connectivity index (χ2v) is 5.52. The summed E-state index contributed by atoms with van der Waals surface area (Å²) in [6, 6.07) is 0. The average molecular weight is 223 g/mol. The lowest BCUT2D eigenvalue weighted by Crippen LogP contribution is -2.30. The Morgan fingerprint density at radius 3 is 2.36 bits per heavy atom. The molecule has 0 saturated carbocycles. The molecule has 0 bridgehead atoms. The Labute approximate surface area is 84.5 Å². The zero-order valence-corrected chi connectivity index (χ0v) is 9.41. The van der Waals surface area contributed by atoms with Gasteiger partial charge < -0.3 is 15.6 Å². The van der Waals surface area contributed by atoms with Gasteiger partial charge in [-0.3, -0.25) is 0 Å². The first-order valence-corrected chi connectivity index (χ1v) is 5.87. The summed E-state index contributed by atoms with van der Waals surface area (Å²) >= 11 is 0. The summed E-state index contributed by atoms with van der Waals surface area (Å²) in [4.78, 5) is -0.283. The first-order valence-electron chi connectivity index (χ1n) is 4.33. The van der Waals surface area contributed by atoms with Crippen LogP contribution in [0.15, 0.2) is 11.2 Å². The molecule has 0 rings (SSSR count). The van der Waals surface area contributed by atoms with Gasteiger partial charge in [0.25, 0.3) is 0 Å². The van der Waals surface area contributed by atoms with Crippen molar-refractivity contribution in [3.05, 3.63) is 11.2 Å². The molecule has 6 heteroatoms. The number of sulfone groups is 1. The van der Waals surface area contributed by atoms with Crippen molar-refractivity contribution < 1.29 is 18.3 Å². The van der Waals surface area contributed by atoms with E-state index in [1.165, 1.54) is 13.8 Å². The van der Waals surface area contributed by atoms with Crippen LogP contribution in [0.25, 0.3) is 0 Å². The lowest BCUT2D eigenvalue weighted by molar-refractivity contribution is 0.211. The minimum absolute atomic E-state index is 0.283. The van der Waals surface area contributed by atoms with Crippen molar-refractivity contribution in [2.45, 2.75) is 32.2 Å². The Balaban J connectivity index is 5.03. The molecule has 0 aromatic heterocycles. The number of ether oxygens (including phenoxy) is 1. The molecule has 0 radical (unpaired) electrons. The third-order valence-electron chi connectivity index (χ3n) is 1.61. The van der Waals surface area contributed by atoms with Crippen molar-refractivity contribution in [2.24, 2.45) is 5.73 Å². The normalized spacial score (nSPS) is 15.7. The number of rotatable bonds is 5. The number of hydrogen-bond donors (Lipinski definition) is 2. The van der Waals surface area contributed by atoms with Gasteiger partial charge in [0.2, 0.25) is 0 Å². The monoisotopic (exact) mass is 223 g/mol. The summed E-state index contributed by atoms with van der Waals surface area (Å²) in [6.45, 7) is 5.05. The maximum atomic E-state index is 11.6. The van der Waals surface area contributed by atoms with Crippen LogP contribution in [0.4, 0.5) is 0 Å². The van der Waals surface area contributed by atoms with Crippen molar-refractivity contribution in [3.8, 4) is 0 Å². The van der Waals surface area contributed by atoms with Gasteiger partial charge in [0.1, 0.15) is 17.4 Å². The minimum Gasteiger partial charge on any atom is -0.500 e. The van der Waals surface area contributed by atoms with Gasteiger partial charge in [-0.15, -0.1) is 0 Å². The van der Waals surface area contributed by atoms with E-state index >= 15 is 0 Å². The van der Waals surface area contributed by atoms with E-state index in [-0.39, 0.29) is 4.91 Å². The number of aliphatic hydroxyl groups excluding tert-OH is 1. The number of aliphatic hydroxyl groups is 1. The summed E-state index contributed by atoms with van der Waals surface area (Å²) in [5, 5.41) is 8.44. The first kappa shape index (κ1) is 13.4. The molecule has 0 heterocycles. The van der Waals surface area contributed by atoms with Crippen LogP contribution in [0, 0.1) is 0 Å². The molecule has 3 N–H and O–H groups in total. The number of nitrogens with two attached hydrogens (primary N) is 1. The fraction of sp³-hybridized carbons (Fsp3) is 0.750. The van der Waals surface area contributed by atoms with Crippen LogP contribution in [0.5, 0.6) is 0 Å². The van der Waals surface area contributed by atoms with E-state index in [0.29, 0.717) is 6.61 Å². The van der Waals surface area contributed by atoms with Gasteiger partial charge in [0.15, 0.2) is 9.84 Å². The maximum Gasteiger partial charge on any atom is 0.183 e. The van der Waals surface area contributed by atoms with E-state index in [0.717, 1.165) is 6.26 Å². The van der Waals surface area contributed by atoms with Crippen LogP contribution in [-0.4, -0.2) is 31.6 Å². The van der Waals surface area contributed by atoms with Crippen molar-refractivity contribution in [2.75, 3.05) is 6.61 Å². The molecule has 0 fully saturated rings. The van der Waals surface area contributed by atoms with Gasteiger partial charge in [-0.05, 0) is 20.8 Å². The summed E-state index contributed by atoms with van der Waals surface area (Å²) in [5.41, 5.74) is 5.13. The lowest BCUT2D eigenvalue weighted by atomic mass is 10.5. The summed E-state index contributed by atoms with van der Waals surface area (Å²) in [7, 11) is -3.55.